The first-order valence-electron chi connectivity index (χ1n) is 8.49. The van der Waals surface area contributed by atoms with E-state index in [2.05, 4.69) is 20.4 Å². The van der Waals surface area contributed by atoms with Crippen molar-refractivity contribution in [2.45, 2.75) is 37.9 Å². The van der Waals surface area contributed by atoms with E-state index in [-0.39, 0.29) is 11.6 Å². The molecule has 0 aliphatic heterocycles. The number of anilines is 1. The first-order chi connectivity index (χ1) is 12.5. The van der Waals surface area contributed by atoms with Crippen molar-refractivity contribution in [2.24, 2.45) is 5.73 Å². The average Bonchev–Trinajstić information content (AvgIpc) is 3.19. The molecule has 134 valence electrons. The Hall–Kier alpha value is -3.03. The molecule has 4 rings (SSSR count). The topological polar surface area (TPSA) is 98.2 Å². The van der Waals surface area contributed by atoms with E-state index < -0.39 is 11.6 Å². The van der Waals surface area contributed by atoms with Crippen molar-refractivity contribution in [3.63, 3.8) is 0 Å². The maximum absolute atomic E-state index is 14.7. The number of rotatable bonds is 4. The van der Waals surface area contributed by atoms with Crippen molar-refractivity contribution < 1.29 is 9.18 Å². The number of nitrogens with two attached hydrogens (primary N) is 1. The molecule has 0 aromatic carbocycles. The Labute approximate surface area is 149 Å². The molecule has 2 unspecified atom stereocenters. The van der Waals surface area contributed by atoms with Crippen LogP contribution in [0.4, 0.5) is 10.1 Å². The van der Waals surface area contributed by atoms with E-state index in [1.807, 2.05) is 6.07 Å². The summed E-state index contributed by atoms with van der Waals surface area (Å²) in [5.41, 5.74) is 7.04. The third-order valence-electron chi connectivity index (χ3n) is 4.97. The first-order valence-corrected chi connectivity index (χ1v) is 8.49. The second-order valence-electron chi connectivity index (χ2n) is 6.81. The van der Waals surface area contributed by atoms with Gasteiger partial charge in [-0.25, -0.2) is 8.91 Å². The highest BCUT2D eigenvalue weighted by atomic mass is 19.1. The SMILES string of the molecule is CC1(F)CCCC1Nc1c(C(N)=O)cnn2cc(-c3cnccn3)cc12. The number of fused-ring (bicyclic) bond motifs is 1. The van der Waals surface area contributed by atoms with Crippen LogP contribution in [-0.4, -0.2) is 37.2 Å². The van der Waals surface area contributed by atoms with Gasteiger partial charge < -0.3 is 11.1 Å². The molecule has 26 heavy (non-hydrogen) atoms. The number of halogens is 1. The molecule has 3 heterocycles. The maximum atomic E-state index is 14.7. The molecular weight excluding hydrogens is 335 g/mol. The summed E-state index contributed by atoms with van der Waals surface area (Å²) in [6.45, 7) is 1.59. The Morgan fingerprint density at radius 1 is 1.42 bits per heavy atom. The van der Waals surface area contributed by atoms with Gasteiger partial charge in [-0.1, -0.05) is 0 Å². The molecular formula is C18H19FN6O. The van der Waals surface area contributed by atoms with Crippen LogP contribution in [0.15, 0.2) is 37.1 Å². The third-order valence-corrected chi connectivity index (χ3v) is 4.97. The van der Waals surface area contributed by atoms with Crippen molar-refractivity contribution in [1.82, 2.24) is 19.6 Å². The number of hydrogen-bond acceptors (Lipinski definition) is 5. The molecule has 7 nitrogen and oxygen atoms in total. The maximum Gasteiger partial charge on any atom is 0.252 e. The highest BCUT2D eigenvalue weighted by Crippen LogP contribution is 2.37. The van der Waals surface area contributed by atoms with Crippen molar-refractivity contribution in [3.05, 3.63) is 42.6 Å². The van der Waals surface area contributed by atoms with Gasteiger partial charge in [-0.05, 0) is 32.3 Å². The van der Waals surface area contributed by atoms with Gasteiger partial charge in [0, 0.05) is 24.2 Å². The zero-order valence-electron chi connectivity index (χ0n) is 14.3. The largest absolute Gasteiger partial charge is 0.377 e. The minimum atomic E-state index is -1.34. The molecule has 0 spiro atoms. The molecule has 1 aliphatic rings. The predicted octanol–water partition coefficient (Wildman–Crippen LogP) is 2.58. The smallest absolute Gasteiger partial charge is 0.252 e. The monoisotopic (exact) mass is 354 g/mol. The van der Waals surface area contributed by atoms with Crippen LogP contribution in [0, 0.1) is 0 Å². The van der Waals surface area contributed by atoms with Gasteiger partial charge >= 0.3 is 0 Å². The van der Waals surface area contributed by atoms with Crippen molar-refractivity contribution in [2.75, 3.05) is 5.32 Å². The van der Waals surface area contributed by atoms with Crippen LogP contribution in [0.2, 0.25) is 0 Å². The molecule has 3 aromatic heterocycles. The Morgan fingerprint density at radius 2 is 2.27 bits per heavy atom. The number of aromatic nitrogens is 4. The second-order valence-corrected chi connectivity index (χ2v) is 6.81. The first kappa shape index (κ1) is 16.4. The van der Waals surface area contributed by atoms with E-state index in [1.54, 1.807) is 36.2 Å². The molecule has 1 saturated carbocycles. The van der Waals surface area contributed by atoms with Crippen LogP contribution >= 0.6 is 0 Å². The number of alkyl halides is 1. The summed E-state index contributed by atoms with van der Waals surface area (Å²) in [6.07, 6.45) is 10.0. The van der Waals surface area contributed by atoms with Crippen molar-refractivity contribution >= 4 is 17.1 Å². The molecule has 0 radical (unpaired) electrons. The lowest BCUT2D eigenvalue weighted by atomic mass is 10.0. The van der Waals surface area contributed by atoms with Crippen molar-refractivity contribution in [1.29, 1.82) is 0 Å². The number of hydrogen-bond donors (Lipinski definition) is 2. The molecule has 3 N–H and O–H groups in total. The lowest BCUT2D eigenvalue weighted by Gasteiger charge is -2.26. The highest BCUT2D eigenvalue weighted by Gasteiger charge is 2.39. The Morgan fingerprint density at radius 3 is 2.92 bits per heavy atom. The van der Waals surface area contributed by atoms with Crippen LogP contribution in [0.25, 0.3) is 16.8 Å². The van der Waals surface area contributed by atoms with E-state index >= 15 is 0 Å². The number of carbonyl (C=O) groups excluding carboxylic acids is 1. The Balaban J connectivity index is 1.84. The summed E-state index contributed by atoms with van der Waals surface area (Å²) in [5.74, 6) is -0.608. The molecule has 0 saturated heterocycles. The van der Waals surface area contributed by atoms with Crippen LogP contribution in [0.3, 0.4) is 0 Å². The normalized spacial score (nSPS) is 22.6. The fourth-order valence-corrected chi connectivity index (χ4v) is 3.51. The van der Waals surface area contributed by atoms with Crippen LogP contribution in [0.5, 0.6) is 0 Å². The summed E-state index contributed by atoms with van der Waals surface area (Å²) in [7, 11) is 0. The molecule has 8 heteroatoms. The van der Waals surface area contributed by atoms with Gasteiger partial charge in [0.15, 0.2) is 0 Å². The van der Waals surface area contributed by atoms with E-state index in [9.17, 15) is 9.18 Å². The summed E-state index contributed by atoms with van der Waals surface area (Å²) >= 11 is 0. The zero-order chi connectivity index (χ0) is 18.3. The van der Waals surface area contributed by atoms with Gasteiger partial charge in [0.05, 0.1) is 40.9 Å². The zero-order valence-corrected chi connectivity index (χ0v) is 14.3. The van der Waals surface area contributed by atoms with Gasteiger partial charge in [0.25, 0.3) is 5.91 Å². The Kier molecular flexibility index (Phi) is 3.82. The van der Waals surface area contributed by atoms with Crippen LogP contribution in [-0.2, 0) is 0 Å². The lowest BCUT2D eigenvalue weighted by molar-refractivity contribution is 0.1000. The van der Waals surface area contributed by atoms with Gasteiger partial charge in [-0.2, -0.15) is 5.10 Å². The summed E-state index contributed by atoms with van der Waals surface area (Å²) in [5, 5.41) is 7.47. The quantitative estimate of drug-likeness (QED) is 0.750. The molecule has 1 aliphatic carbocycles. The molecule has 3 aromatic rings. The summed E-state index contributed by atoms with van der Waals surface area (Å²) in [4.78, 5) is 20.2. The van der Waals surface area contributed by atoms with Gasteiger partial charge in [0.1, 0.15) is 5.67 Å². The molecule has 1 amide bonds. The summed E-state index contributed by atoms with van der Waals surface area (Å²) < 4.78 is 16.4. The molecule has 1 fully saturated rings. The van der Waals surface area contributed by atoms with E-state index in [1.165, 1.54) is 6.20 Å². The third kappa shape index (κ3) is 2.77. The minimum absolute atomic E-state index is 0.240. The number of primary amides is 1. The fourth-order valence-electron chi connectivity index (χ4n) is 3.51. The fraction of sp³-hybridized carbons (Fsp3) is 0.333. The minimum Gasteiger partial charge on any atom is -0.377 e. The van der Waals surface area contributed by atoms with E-state index in [4.69, 9.17) is 5.73 Å². The van der Waals surface area contributed by atoms with Crippen LogP contribution in [0.1, 0.15) is 36.5 Å². The lowest BCUT2D eigenvalue weighted by Crippen LogP contribution is -2.36. The standard InChI is InChI=1S/C18H19FN6O/c1-18(19)4-2-3-15(18)24-16-12(17(20)26)8-23-25-10-11(7-14(16)25)13-9-21-5-6-22-13/h5-10,15,24H,2-4H2,1H3,(H2,20,26). The average molecular weight is 354 g/mol. The van der Waals surface area contributed by atoms with E-state index in [0.29, 0.717) is 29.7 Å². The number of carbonyl (C=O) groups is 1. The van der Waals surface area contributed by atoms with E-state index in [0.717, 1.165) is 12.0 Å². The summed E-state index contributed by atoms with van der Waals surface area (Å²) in [6, 6.07) is 1.46. The number of nitrogens with one attached hydrogen (secondary N) is 1. The van der Waals surface area contributed by atoms with Gasteiger partial charge in [-0.3, -0.25) is 14.8 Å². The Bertz CT molecular complexity index is 968. The van der Waals surface area contributed by atoms with Gasteiger partial charge in [-0.15, -0.1) is 0 Å². The van der Waals surface area contributed by atoms with Crippen molar-refractivity contribution in [3.8, 4) is 11.3 Å². The highest BCUT2D eigenvalue weighted by molar-refractivity contribution is 6.02. The van der Waals surface area contributed by atoms with Crippen LogP contribution < -0.4 is 11.1 Å². The predicted molar refractivity (Wildman–Crippen MR) is 95.5 cm³/mol. The number of amides is 1. The number of nitrogens with zero attached hydrogens (tertiary/aromatic N) is 4. The second kappa shape index (κ2) is 6.05. The molecule has 0 bridgehead atoms. The van der Waals surface area contributed by atoms with Gasteiger partial charge in [0.2, 0.25) is 0 Å². The molecule has 2 atom stereocenters.